The Kier molecular flexibility index (Phi) is 10.2. The number of likely N-dealkylation sites (N-methyl/N-ethyl adjacent to an activating group) is 1. The van der Waals surface area contributed by atoms with Gasteiger partial charge < -0.3 is 10.6 Å². The van der Waals surface area contributed by atoms with Crippen molar-refractivity contribution in [2.24, 2.45) is 10.9 Å². The number of guanidine groups is 1. The summed E-state index contributed by atoms with van der Waals surface area (Å²) >= 11 is 1.84. The van der Waals surface area contributed by atoms with Gasteiger partial charge in [0.2, 0.25) is 0 Å². The first-order valence-corrected chi connectivity index (χ1v) is 9.74. The molecule has 1 fully saturated rings. The monoisotopic (exact) mass is 464 g/mol. The lowest BCUT2D eigenvalue weighted by Gasteiger charge is -2.25. The lowest BCUT2D eigenvalue weighted by atomic mass is 10.1. The van der Waals surface area contributed by atoms with E-state index in [-0.39, 0.29) is 24.0 Å². The molecule has 2 rings (SSSR count). The van der Waals surface area contributed by atoms with Crippen LogP contribution in [0.5, 0.6) is 0 Å². The van der Waals surface area contributed by atoms with Gasteiger partial charge in [-0.15, -0.1) is 35.3 Å². The van der Waals surface area contributed by atoms with Crippen LogP contribution in [0.25, 0.3) is 0 Å². The van der Waals surface area contributed by atoms with E-state index in [9.17, 15) is 0 Å². The van der Waals surface area contributed by atoms with E-state index in [0.29, 0.717) is 12.0 Å². The zero-order chi connectivity index (χ0) is 16.7. The molecule has 2 unspecified atom stereocenters. The summed E-state index contributed by atoms with van der Waals surface area (Å²) in [4.78, 5) is 8.70. The molecule has 2 atom stereocenters. The van der Waals surface area contributed by atoms with Crippen LogP contribution in [0.4, 0.5) is 0 Å². The van der Waals surface area contributed by atoms with E-state index in [1.165, 1.54) is 17.7 Å². The number of thiophene rings is 1. The summed E-state index contributed by atoms with van der Waals surface area (Å²) in [5.74, 6) is 1.51. The smallest absolute Gasteiger partial charge is 0.191 e. The van der Waals surface area contributed by atoms with Crippen LogP contribution in [0.3, 0.4) is 0 Å². The molecule has 0 aromatic carbocycles. The zero-order valence-corrected chi connectivity index (χ0v) is 18.6. The molecule has 4 nitrogen and oxygen atoms in total. The van der Waals surface area contributed by atoms with Crippen LogP contribution in [0.15, 0.2) is 22.5 Å². The minimum absolute atomic E-state index is 0. The van der Waals surface area contributed by atoms with Crippen molar-refractivity contribution < 1.29 is 0 Å². The molecule has 24 heavy (non-hydrogen) atoms. The number of halogens is 1. The number of hydrogen-bond acceptors (Lipinski definition) is 3. The third kappa shape index (κ3) is 7.70. The van der Waals surface area contributed by atoms with Gasteiger partial charge >= 0.3 is 0 Å². The molecule has 1 aromatic heterocycles. The molecule has 0 radical (unpaired) electrons. The van der Waals surface area contributed by atoms with E-state index in [1.807, 2.05) is 11.3 Å². The number of hydrogen-bond donors (Lipinski definition) is 2. The highest BCUT2D eigenvalue weighted by atomic mass is 127. The molecule has 6 heteroatoms. The van der Waals surface area contributed by atoms with Crippen molar-refractivity contribution in [3.63, 3.8) is 0 Å². The van der Waals surface area contributed by atoms with E-state index in [4.69, 9.17) is 4.99 Å². The Morgan fingerprint density at radius 1 is 1.38 bits per heavy atom. The molecule has 1 aliphatic carbocycles. The molecule has 1 aliphatic rings. The van der Waals surface area contributed by atoms with Crippen LogP contribution in [-0.4, -0.2) is 49.6 Å². The predicted molar refractivity (Wildman–Crippen MR) is 117 cm³/mol. The van der Waals surface area contributed by atoms with Crippen molar-refractivity contribution in [3.8, 4) is 0 Å². The lowest BCUT2D eigenvalue weighted by molar-refractivity contribution is 0.247. The Morgan fingerprint density at radius 2 is 2.12 bits per heavy atom. The summed E-state index contributed by atoms with van der Waals surface area (Å²) in [5, 5.41) is 9.00. The van der Waals surface area contributed by atoms with Crippen LogP contribution in [0.2, 0.25) is 0 Å². The standard InChI is InChI=1S/C18H32N4S.HI/c1-5-19-18(21-13-15(3)22(4)16-8-9-16)20-12-14(2)11-17-7-6-10-23-17;/h6-7,10,14-16H,5,8-9,11-13H2,1-4H3,(H2,19,20,21);1H. The summed E-state index contributed by atoms with van der Waals surface area (Å²) in [5.41, 5.74) is 0. The molecule has 1 saturated carbocycles. The average molecular weight is 464 g/mol. The number of rotatable bonds is 9. The fourth-order valence-corrected chi connectivity index (χ4v) is 3.53. The first-order valence-electron chi connectivity index (χ1n) is 8.86. The average Bonchev–Trinajstić information content (AvgIpc) is 3.27. The topological polar surface area (TPSA) is 39.7 Å². The largest absolute Gasteiger partial charge is 0.357 e. The van der Waals surface area contributed by atoms with Gasteiger partial charge in [-0.2, -0.15) is 0 Å². The van der Waals surface area contributed by atoms with Gasteiger partial charge in [0.15, 0.2) is 5.96 Å². The van der Waals surface area contributed by atoms with E-state index >= 15 is 0 Å². The molecule has 0 saturated heterocycles. The van der Waals surface area contributed by atoms with Gasteiger partial charge in [0.1, 0.15) is 0 Å². The predicted octanol–water partition coefficient (Wildman–Crippen LogP) is 3.58. The first-order chi connectivity index (χ1) is 11.1. The molecule has 0 bridgehead atoms. The van der Waals surface area contributed by atoms with Gasteiger partial charge in [-0.1, -0.05) is 13.0 Å². The van der Waals surface area contributed by atoms with E-state index < -0.39 is 0 Å². The Balaban J connectivity index is 0.00000288. The highest BCUT2D eigenvalue weighted by molar-refractivity contribution is 14.0. The van der Waals surface area contributed by atoms with E-state index in [2.05, 4.69) is 60.9 Å². The summed E-state index contributed by atoms with van der Waals surface area (Å²) in [7, 11) is 2.23. The SMILES string of the molecule is CCNC(=NCC(C)Cc1cccs1)NCC(C)N(C)C1CC1.I. The summed E-state index contributed by atoms with van der Waals surface area (Å²) in [6.07, 6.45) is 3.83. The Hall–Kier alpha value is -0.340. The Bertz CT molecular complexity index is 473. The molecule has 1 aromatic rings. The quantitative estimate of drug-likeness (QED) is 0.334. The second kappa shape index (κ2) is 11.3. The Morgan fingerprint density at radius 3 is 2.71 bits per heavy atom. The minimum Gasteiger partial charge on any atom is -0.357 e. The molecule has 0 amide bonds. The van der Waals surface area contributed by atoms with Crippen molar-refractivity contribution in [3.05, 3.63) is 22.4 Å². The maximum Gasteiger partial charge on any atom is 0.191 e. The lowest BCUT2D eigenvalue weighted by Crippen LogP contribution is -2.45. The third-order valence-corrected chi connectivity index (χ3v) is 5.32. The van der Waals surface area contributed by atoms with Crippen LogP contribution in [0, 0.1) is 5.92 Å². The second-order valence-corrected chi connectivity index (χ2v) is 7.77. The molecule has 1 heterocycles. The number of nitrogens with zero attached hydrogens (tertiary/aromatic N) is 2. The van der Waals surface area contributed by atoms with Crippen molar-refractivity contribution in [2.75, 3.05) is 26.7 Å². The minimum atomic E-state index is 0. The second-order valence-electron chi connectivity index (χ2n) is 6.73. The number of aliphatic imine (C=N–C) groups is 1. The maximum atomic E-state index is 4.77. The zero-order valence-electron chi connectivity index (χ0n) is 15.4. The molecule has 2 N–H and O–H groups in total. The highest BCUT2D eigenvalue weighted by Gasteiger charge is 2.28. The molecular formula is C18H33IN4S. The van der Waals surface area contributed by atoms with Gasteiger partial charge in [0.25, 0.3) is 0 Å². The first kappa shape index (κ1) is 21.7. The normalized spacial score (nSPS) is 17.3. The molecule has 0 aliphatic heterocycles. The highest BCUT2D eigenvalue weighted by Crippen LogP contribution is 2.26. The van der Waals surface area contributed by atoms with Crippen LogP contribution in [-0.2, 0) is 6.42 Å². The fourth-order valence-electron chi connectivity index (χ4n) is 2.66. The summed E-state index contributed by atoms with van der Waals surface area (Å²) in [6, 6.07) is 5.68. The summed E-state index contributed by atoms with van der Waals surface area (Å²) < 4.78 is 0. The van der Waals surface area contributed by atoms with Crippen molar-refractivity contribution in [1.82, 2.24) is 15.5 Å². The van der Waals surface area contributed by atoms with Gasteiger partial charge in [-0.25, -0.2) is 0 Å². The van der Waals surface area contributed by atoms with Crippen LogP contribution < -0.4 is 10.6 Å². The Labute approximate surface area is 168 Å². The maximum absolute atomic E-state index is 4.77. The van der Waals surface area contributed by atoms with Crippen LogP contribution >= 0.6 is 35.3 Å². The number of nitrogens with one attached hydrogen (secondary N) is 2. The van der Waals surface area contributed by atoms with Crippen molar-refractivity contribution >= 4 is 41.3 Å². The fraction of sp³-hybridized carbons (Fsp3) is 0.722. The van der Waals surface area contributed by atoms with E-state index in [1.54, 1.807) is 0 Å². The molecule has 138 valence electrons. The van der Waals surface area contributed by atoms with Gasteiger partial charge in [-0.3, -0.25) is 9.89 Å². The van der Waals surface area contributed by atoms with E-state index in [0.717, 1.165) is 38.1 Å². The third-order valence-electron chi connectivity index (χ3n) is 4.42. The van der Waals surface area contributed by atoms with Gasteiger partial charge in [-0.05, 0) is 57.5 Å². The molecular weight excluding hydrogens is 431 g/mol. The van der Waals surface area contributed by atoms with Crippen molar-refractivity contribution in [2.45, 2.75) is 52.1 Å². The van der Waals surface area contributed by atoms with Gasteiger partial charge in [0, 0.05) is 36.6 Å². The van der Waals surface area contributed by atoms with Gasteiger partial charge in [0.05, 0.1) is 0 Å². The summed E-state index contributed by atoms with van der Waals surface area (Å²) in [6.45, 7) is 9.38. The van der Waals surface area contributed by atoms with Crippen molar-refractivity contribution in [1.29, 1.82) is 0 Å². The van der Waals surface area contributed by atoms with Crippen LogP contribution in [0.1, 0.15) is 38.5 Å². The molecule has 0 spiro atoms.